The lowest BCUT2D eigenvalue weighted by Crippen LogP contribution is -1.98. The van der Waals surface area contributed by atoms with Gasteiger partial charge in [0.1, 0.15) is 12.0 Å². The van der Waals surface area contributed by atoms with Gasteiger partial charge < -0.3 is 9.29 Å². The summed E-state index contributed by atoms with van der Waals surface area (Å²) in [6, 6.07) is 11.9. The molecule has 0 bridgehead atoms. The van der Waals surface area contributed by atoms with Crippen LogP contribution in [0.15, 0.2) is 46.9 Å². The van der Waals surface area contributed by atoms with Crippen molar-refractivity contribution in [1.29, 1.82) is 0 Å². The molecule has 1 atom stereocenters. The Morgan fingerprint density at radius 1 is 1.04 bits per heavy atom. The van der Waals surface area contributed by atoms with Crippen molar-refractivity contribution >= 4 is 34.6 Å². The maximum Gasteiger partial charge on any atom is 0.308 e. The molecule has 3 rings (SSSR count). The molecule has 1 unspecified atom stereocenters. The van der Waals surface area contributed by atoms with Crippen molar-refractivity contribution in [3.05, 3.63) is 69.8 Å². The monoisotopic (exact) mass is 366 g/mol. The number of benzene rings is 2. The number of ether oxygens (including phenoxy) is 1. The zero-order valence-corrected chi connectivity index (χ0v) is 16.5. The molecule has 1 aliphatic carbocycles. The van der Waals surface area contributed by atoms with Gasteiger partial charge in [-0.25, -0.2) is 0 Å². The van der Waals surface area contributed by atoms with Gasteiger partial charge in [-0.1, -0.05) is 6.07 Å². The van der Waals surface area contributed by atoms with E-state index in [0.717, 1.165) is 38.3 Å². The third-order valence-electron chi connectivity index (χ3n) is 4.68. The highest BCUT2D eigenvalue weighted by Gasteiger charge is 2.27. The lowest BCUT2D eigenvalue weighted by Gasteiger charge is -2.09. The highest BCUT2D eigenvalue weighted by Crippen LogP contribution is 2.43. The largest absolute Gasteiger partial charge is 0.612 e. The van der Waals surface area contributed by atoms with Crippen LogP contribution in [-0.2, 0) is 20.7 Å². The minimum atomic E-state index is -0.990. The van der Waals surface area contributed by atoms with Crippen LogP contribution in [0.1, 0.15) is 41.7 Å². The Balaban J connectivity index is 2.13. The number of rotatable bonds is 3. The first-order chi connectivity index (χ1) is 12.3. The first-order valence-corrected chi connectivity index (χ1v) is 10.0. The summed E-state index contributed by atoms with van der Waals surface area (Å²) in [4.78, 5) is 12.4. The Kier molecular flexibility index (Phi) is 5.08. The minimum absolute atomic E-state index is 0.320. The number of allylic oxidation sites excluding steroid dienone is 2. The average molecular weight is 366 g/mol. The van der Waals surface area contributed by atoms with Crippen LogP contribution in [0.2, 0.25) is 0 Å². The van der Waals surface area contributed by atoms with Crippen LogP contribution in [0.25, 0.3) is 17.4 Å². The SMILES string of the molecule is CC(=O)OC1=C(C)C(=Cc2ccc([S+](C)[O-])cc2)c2cc(C)c(C)cc21. The molecule has 0 saturated carbocycles. The highest BCUT2D eigenvalue weighted by molar-refractivity contribution is 7.90. The quantitative estimate of drug-likeness (QED) is 0.574. The second-order valence-corrected chi connectivity index (χ2v) is 7.99. The van der Waals surface area contributed by atoms with Gasteiger partial charge in [0.25, 0.3) is 0 Å². The number of carbonyl (C=O) groups excluding carboxylic acids is 1. The summed E-state index contributed by atoms with van der Waals surface area (Å²) in [7, 11) is 0. The van der Waals surface area contributed by atoms with Gasteiger partial charge in [0, 0.05) is 18.1 Å². The Labute approximate surface area is 157 Å². The van der Waals surface area contributed by atoms with Gasteiger partial charge >= 0.3 is 5.97 Å². The van der Waals surface area contributed by atoms with Crippen molar-refractivity contribution in [1.82, 2.24) is 0 Å². The van der Waals surface area contributed by atoms with E-state index in [9.17, 15) is 9.35 Å². The minimum Gasteiger partial charge on any atom is -0.612 e. The van der Waals surface area contributed by atoms with Crippen molar-refractivity contribution < 1.29 is 14.1 Å². The molecule has 0 aromatic heterocycles. The second kappa shape index (κ2) is 7.14. The maximum absolute atomic E-state index is 11.6. The molecule has 0 heterocycles. The van der Waals surface area contributed by atoms with Gasteiger partial charge in [-0.3, -0.25) is 4.79 Å². The van der Waals surface area contributed by atoms with Crippen molar-refractivity contribution in [2.45, 2.75) is 32.6 Å². The van der Waals surface area contributed by atoms with E-state index >= 15 is 0 Å². The third-order valence-corrected chi connectivity index (χ3v) is 5.62. The number of aryl methyl sites for hydroxylation is 2. The average Bonchev–Trinajstić information content (AvgIpc) is 2.81. The summed E-state index contributed by atoms with van der Waals surface area (Å²) < 4.78 is 17.1. The number of esters is 1. The Bertz CT molecular complexity index is 935. The predicted octanol–water partition coefficient (Wildman–Crippen LogP) is 4.89. The molecule has 26 heavy (non-hydrogen) atoms. The summed E-state index contributed by atoms with van der Waals surface area (Å²) in [5.74, 6) is 0.313. The standard InChI is InChI=1S/C22H22O3S/c1-13-10-20-19(12-17-6-8-18(9-7-17)26(5)24)15(3)22(25-16(4)23)21(20)11-14(13)2/h6-12H,1-5H3. The van der Waals surface area contributed by atoms with E-state index in [1.54, 1.807) is 6.26 Å². The van der Waals surface area contributed by atoms with Gasteiger partial charge in [-0.2, -0.15) is 0 Å². The fourth-order valence-electron chi connectivity index (χ4n) is 3.14. The topological polar surface area (TPSA) is 49.4 Å². The van der Waals surface area contributed by atoms with Crippen LogP contribution in [0.4, 0.5) is 0 Å². The molecule has 1 aliphatic rings. The van der Waals surface area contributed by atoms with Crippen molar-refractivity contribution in [3.8, 4) is 0 Å². The second-order valence-electron chi connectivity index (χ2n) is 6.61. The van der Waals surface area contributed by atoms with E-state index in [1.165, 1.54) is 12.5 Å². The van der Waals surface area contributed by atoms with Gasteiger partial charge in [0.05, 0.1) is 0 Å². The Hall–Kier alpha value is -2.30. The summed E-state index contributed by atoms with van der Waals surface area (Å²) in [6.45, 7) is 7.54. The van der Waals surface area contributed by atoms with Crippen LogP contribution in [0, 0.1) is 13.8 Å². The molecule has 2 aromatic rings. The normalized spacial score (nSPS) is 16.0. The lowest BCUT2D eigenvalue weighted by atomic mass is 9.97. The number of hydrogen-bond donors (Lipinski definition) is 0. The van der Waals surface area contributed by atoms with Crippen molar-refractivity contribution in [2.75, 3.05) is 6.26 Å². The molecule has 2 aromatic carbocycles. The molecule has 0 spiro atoms. The van der Waals surface area contributed by atoms with Crippen molar-refractivity contribution in [3.63, 3.8) is 0 Å². The summed E-state index contributed by atoms with van der Waals surface area (Å²) in [5.41, 5.74) is 7.40. The molecule has 134 valence electrons. The van der Waals surface area contributed by atoms with Crippen LogP contribution >= 0.6 is 0 Å². The molecule has 0 N–H and O–H groups in total. The fourth-order valence-corrected chi connectivity index (χ4v) is 3.66. The molecule has 0 saturated heterocycles. The van der Waals surface area contributed by atoms with Crippen LogP contribution in [-0.4, -0.2) is 16.8 Å². The first-order valence-electron chi connectivity index (χ1n) is 8.44. The van der Waals surface area contributed by atoms with E-state index < -0.39 is 11.2 Å². The molecule has 0 amide bonds. The van der Waals surface area contributed by atoms with E-state index in [4.69, 9.17) is 4.74 Å². The summed E-state index contributed by atoms with van der Waals surface area (Å²) in [6.07, 6.45) is 3.76. The number of hydrogen-bond acceptors (Lipinski definition) is 3. The van der Waals surface area contributed by atoms with Gasteiger partial charge in [-0.15, -0.1) is 0 Å². The number of fused-ring (bicyclic) bond motifs is 1. The van der Waals surface area contributed by atoms with E-state index in [-0.39, 0.29) is 5.97 Å². The summed E-state index contributed by atoms with van der Waals surface area (Å²) in [5, 5.41) is 0. The molecule has 0 aliphatic heterocycles. The predicted molar refractivity (Wildman–Crippen MR) is 107 cm³/mol. The van der Waals surface area contributed by atoms with Crippen LogP contribution in [0.3, 0.4) is 0 Å². The molecule has 4 heteroatoms. The highest BCUT2D eigenvalue weighted by atomic mass is 32.2. The van der Waals surface area contributed by atoms with Crippen LogP contribution < -0.4 is 0 Å². The molecule has 0 radical (unpaired) electrons. The maximum atomic E-state index is 11.6. The third kappa shape index (κ3) is 3.48. The van der Waals surface area contributed by atoms with Crippen molar-refractivity contribution in [2.24, 2.45) is 0 Å². The molecule has 3 nitrogen and oxygen atoms in total. The van der Waals surface area contributed by atoms with E-state index in [0.29, 0.717) is 5.76 Å². The first kappa shape index (κ1) is 18.5. The van der Waals surface area contributed by atoms with Gasteiger partial charge in [-0.05, 0) is 96.2 Å². The summed E-state index contributed by atoms with van der Waals surface area (Å²) >= 11 is -0.990. The van der Waals surface area contributed by atoms with Gasteiger partial charge in [0.15, 0.2) is 4.90 Å². The van der Waals surface area contributed by atoms with Gasteiger partial charge in [0.2, 0.25) is 0 Å². The zero-order chi connectivity index (χ0) is 19.0. The molecular formula is C22H22O3S. The number of carbonyl (C=O) groups is 1. The van der Waals surface area contributed by atoms with Crippen LogP contribution in [0.5, 0.6) is 0 Å². The van der Waals surface area contributed by atoms with E-state index in [1.807, 2.05) is 31.2 Å². The fraction of sp³-hybridized carbons (Fsp3) is 0.227. The molecule has 0 fully saturated rings. The molecular weight excluding hydrogens is 344 g/mol. The Morgan fingerprint density at radius 2 is 1.62 bits per heavy atom. The zero-order valence-electron chi connectivity index (χ0n) is 15.7. The lowest BCUT2D eigenvalue weighted by molar-refractivity contribution is -0.134. The smallest absolute Gasteiger partial charge is 0.308 e. The Morgan fingerprint density at radius 3 is 2.15 bits per heavy atom. The van der Waals surface area contributed by atoms with E-state index in [2.05, 4.69) is 32.1 Å².